The average molecular weight is 320 g/mol. The summed E-state index contributed by atoms with van der Waals surface area (Å²) in [6, 6.07) is 17.5. The number of aromatic nitrogens is 1. The predicted molar refractivity (Wildman–Crippen MR) is 103 cm³/mol. The summed E-state index contributed by atoms with van der Waals surface area (Å²) in [5, 5.41) is 4.97. The van der Waals surface area contributed by atoms with Crippen molar-refractivity contribution in [3.8, 4) is 0 Å². The van der Waals surface area contributed by atoms with Crippen LogP contribution in [-0.4, -0.2) is 11.1 Å². The third-order valence-corrected chi connectivity index (χ3v) is 4.58. The van der Waals surface area contributed by atoms with E-state index in [0.29, 0.717) is 0 Å². The van der Waals surface area contributed by atoms with Crippen molar-refractivity contribution in [1.82, 2.24) is 9.88 Å². The van der Waals surface area contributed by atoms with E-state index in [1.165, 1.54) is 46.9 Å². The fourth-order valence-electron chi connectivity index (χ4n) is 3.32. The van der Waals surface area contributed by atoms with Gasteiger partial charge in [-0.2, -0.15) is 0 Å². The molecule has 1 heterocycles. The Morgan fingerprint density at radius 2 is 1.88 bits per heavy atom. The van der Waals surface area contributed by atoms with Crippen LogP contribution in [0, 0.1) is 6.92 Å². The Hall–Kier alpha value is -2.06. The molecule has 0 unspecified atom stereocenters. The maximum absolute atomic E-state index is 3.60. The second-order valence-corrected chi connectivity index (χ2v) is 6.67. The molecule has 0 aliphatic rings. The lowest BCUT2D eigenvalue weighted by Gasteiger charge is -2.06. The van der Waals surface area contributed by atoms with E-state index in [4.69, 9.17) is 0 Å². The molecule has 0 spiro atoms. The highest BCUT2D eigenvalue weighted by Gasteiger charge is 2.08. The molecule has 0 radical (unpaired) electrons. The molecule has 126 valence electrons. The topological polar surface area (TPSA) is 17.0 Å². The number of hydrogen-bond donors (Lipinski definition) is 1. The van der Waals surface area contributed by atoms with Crippen LogP contribution < -0.4 is 5.32 Å². The van der Waals surface area contributed by atoms with Crippen molar-refractivity contribution < 1.29 is 0 Å². The van der Waals surface area contributed by atoms with E-state index >= 15 is 0 Å². The molecule has 3 rings (SSSR count). The van der Waals surface area contributed by atoms with Gasteiger partial charge in [-0.1, -0.05) is 67.8 Å². The van der Waals surface area contributed by atoms with E-state index in [1.54, 1.807) is 0 Å². The number of nitrogens with one attached hydrogen (secondary N) is 1. The predicted octanol–water partition coefficient (Wildman–Crippen LogP) is 5.28. The minimum absolute atomic E-state index is 0.929. The summed E-state index contributed by atoms with van der Waals surface area (Å²) in [6.45, 7) is 7.39. The zero-order valence-corrected chi connectivity index (χ0v) is 14.9. The first-order chi connectivity index (χ1) is 11.8. The molecule has 0 bridgehead atoms. The summed E-state index contributed by atoms with van der Waals surface area (Å²) in [7, 11) is 0. The van der Waals surface area contributed by atoms with E-state index < -0.39 is 0 Å². The van der Waals surface area contributed by atoms with Crippen LogP contribution in [0.3, 0.4) is 0 Å². The lowest BCUT2D eigenvalue weighted by atomic mass is 10.1. The molecule has 3 aromatic rings. The van der Waals surface area contributed by atoms with Crippen LogP contribution in [0.4, 0.5) is 0 Å². The minimum Gasteiger partial charge on any atom is -0.343 e. The Morgan fingerprint density at radius 3 is 2.71 bits per heavy atom. The molecule has 0 fully saturated rings. The number of hydrogen-bond acceptors (Lipinski definition) is 1. The van der Waals surface area contributed by atoms with Crippen molar-refractivity contribution in [2.75, 3.05) is 6.54 Å². The van der Waals surface area contributed by atoms with Crippen molar-refractivity contribution in [2.45, 2.75) is 46.2 Å². The molecule has 0 saturated heterocycles. The molecule has 2 heteroatoms. The van der Waals surface area contributed by atoms with Gasteiger partial charge < -0.3 is 9.88 Å². The van der Waals surface area contributed by atoms with E-state index in [9.17, 15) is 0 Å². The van der Waals surface area contributed by atoms with Crippen LogP contribution >= 0.6 is 0 Å². The van der Waals surface area contributed by atoms with Gasteiger partial charge in [0.2, 0.25) is 0 Å². The van der Waals surface area contributed by atoms with Crippen LogP contribution in [0.2, 0.25) is 0 Å². The summed E-state index contributed by atoms with van der Waals surface area (Å²) in [4.78, 5) is 0. The van der Waals surface area contributed by atoms with Gasteiger partial charge in [-0.25, -0.2) is 0 Å². The van der Waals surface area contributed by atoms with E-state index in [0.717, 1.165) is 19.6 Å². The third-order valence-electron chi connectivity index (χ3n) is 4.58. The zero-order valence-electron chi connectivity index (χ0n) is 14.9. The van der Waals surface area contributed by atoms with Crippen molar-refractivity contribution >= 4 is 10.9 Å². The molecule has 0 amide bonds. The summed E-state index contributed by atoms with van der Waals surface area (Å²) in [5.74, 6) is 0. The van der Waals surface area contributed by atoms with Gasteiger partial charge in [0.25, 0.3) is 0 Å². The lowest BCUT2D eigenvalue weighted by molar-refractivity contribution is 0.617. The van der Waals surface area contributed by atoms with Gasteiger partial charge >= 0.3 is 0 Å². The van der Waals surface area contributed by atoms with Gasteiger partial charge in [0, 0.05) is 30.2 Å². The number of nitrogens with zero attached hydrogens (tertiary/aromatic N) is 1. The fraction of sp³-hybridized carbons (Fsp3) is 0.364. The second-order valence-electron chi connectivity index (χ2n) is 6.67. The van der Waals surface area contributed by atoms with Gasteiger partial charge in [-0.05, 0) is 37.1 Å². The molecular weight excluding hydrogens is 292 g/mol. The van der Waals surface area contributed by atoms with Gasteiger partial charge in [0.15, 0.2) is 0 Å². The molecule has 0 aliphatic heterocycles. The zero-order chi connectivity index (χ0) is 16.8. The number of unbranched alkanes of at least 4 members (excludes halogenated alkanes) is 2. The lowest BCUT2D eigenvalue weighted by Crippen LogP contribution is -2.14. The largest absolute Gasteiger partial charge is 0.343 e. The number of aryl methyl sites for hydroxylation is 1. The Labute approximate surface area is 145 Å². The minimum atomic E-state index is 0.929. The number of rotatable bonds is 8. The van der Waals surface area contributed by atoms with Crippen LogP contribution in [0.5, 0.6) is 0 Å². The van der Waals surface area contributed by atoms with E-state index in [2.05, 4.69) is 78.5 Å². The summed E-state index contributed by atoms with van der Waals surface area (Å²) >= 11 is 0. The van der Waals surface area contributed by atoms with Crippen LogP contribution in [-0.2, 0) is 13.1 Å². The molecule has 0 atom stereocenters. The van der Waals surface area contributed by atoms with Crippen molar-refractivity contribution in [3.05, 3.63) is 71.4 Å². The maximum atomic E-state index is 3.60. The number of benzene rings is 2. The first kappa shape index (κ1) is 16.8. The van der Waals surface area contributed by atoms with Crippen LogP contribution in [0.1, 0.15) is 42.9 Å². The normalized spacial score (nSPS) is 11.2. The molecular formula is C22H28N2. The highest BCUT2D eigenvalue weighted by atomic mass is 15.0. The summed E-state index contributed by atoms with van der Waals surface area (Å²) in [6.07, 6.45) is 6.16. The monoisotopic (exact) mass is 320 g/mol. The highest BCUT2D eigenvalue weighted by Crippen LogP contribution is 2.22. The molecule has 0 aliphatic carbocycles. The molecule has 2 aromatic carbocycles. The molecule has 0 saturated carbocycles. The van der Waals surface area contributed by atoms with Gasteiger partial charge in [-0.15, -0.1) is 0 Å². The SMILES string of the molecule is CCCCCNCc1cn(Cc2cccc(C)c2)c2ccccc12. The fourth-order valence-corrected chi connectivity index (χ4v) is 3.32. The molecule has 1 N–H and O–H groups in total. The van der Waals surface area contributed by atoms with Gasteiger partial charge in [-0.3, -0.25) is 0 Å². The van der Waals surface area contributed by atoms with Crippen LogP contribution in [0.15, 0.2) is 54.7 Å². The highest BCUT2D eigenvalue weighted by molar-refractivity contribution is 5.84. The van der Waals surface area contributed by atoms with Gasteiger partial charge in [0.05, 0.1) is 0 Å². The molecule has 24 heavy (non-hydrogen) atoms. The number of fused-ring (bicyclic) bond motifs is 1. The molecule has 1 aromatic heterocycles. The molecule has 2 nitrogen and oxygen atoms in total. The Kier molecular flexibility index (Phi) is 5.71. The third kappa shape index (κ3) is 4.07. The second kappa shape index (κ2) is 8.16. The first-order valence-electron chi connectivity index (χ1n) is 9.11. The van der Waals surface area contributed by atoms with Crippen molar-refractivity contribution in [2.24, 2.45) is 0 Å². The smallest absolute Gasteiger partial charge is 0.0486 e. The Balaban J connectivity index is 1.78. The Morgan fingerprint density at radius 1 is 1.00 bits per heavy atom. The average Bonchev–Trinajstić information content (AvgIpc) is 2.93. The van der Waals surface area contributed by atoms with E-state index in [1.807, 2.05) is 0 Å². The standard InChI is InChI=1S/C22H28N2/c1-3-4-7-13-23-15-20-17-24(22-12-6-5-11-21(20)22)16-19-10-8-9-18(2)14-19/h5-6,8-12,14,17,23H,3-4,7,13,15-16H2,1-2H3. The van der Waals surface area contributed by atoms with E-state index in [-0.39, 0.29) is 0 Å². The maximum Gasteiger partial charge on any atom is 0.0486 e. The van der Waals surface area contributed by atoms with Crippen LogP contribution in [0.25, 0.3) is 10.9 Å². The Bertz CT molecular complexity index is 786. The summed E-state index contributed by atoms with van der Waals surface area (Å²) < 4.78 is 2.38. The quantitative estimate of drug-likeness (QED) is 0.559. The summed E-state index contributed by atoms with van der Waals surface area (Å²) in [5.41, 5.74) is 5.40. The number of para-hydroxylation sites is 1. The first-order valence-corrected chi connectivity index (χ1v) is 9.11. The van der Waals surface area contributed by atoms with Crippen molar-refractivity contribution in [3.63, 3.8) is 0 Å². The van der Waals surface area contributed by atoms with Crippen molar-refractivity contribution in [1.29, 1.82) is 0 Å². The van der Waals surface area contributed by atoms with Gasteiger partial charge in [0.1, 0.15) is 0 Å².